The van der Waals surface area contributed by atoms with E-state index in [4.69, 9.17) is 0 Å². The van der Waals surface area contributed by atoms with Crippen molar-refractivity contribution >= 4 is 17.7 Å². The highest BCUT2D eigenvalue weighted by Crippen LogP contribution is 2.18. The highest BCUT2D eigenvalue weighted by Gasteiger charge is 2.09. The summed E-state index contributed by atoms with van der Waals surface area (Å²) in [5.74, 6) is 0.484. The van der Waals surface area contributed by atoms with Crippen LogP contribution in [-0.2, 0) is 4.79 Å². The number of nitrogens with one attached hydrogen (secondary N) is 1. The average Bonchev–Trinajstić information content (AvgIpc) is 2.49. The van der Waals surface area contributed by atoms with Gasteiger partial charge in [-0.2, -0.15) is 0 Å². The minimum atomic E-state index is -0.267. The van der Waals surface area contributed by atoms with E-state index in [0.717, 1.165) is 16.2 Å². The molecule has 0 aromatic heterocycles. The van der Waals surface area contributed by atoms with Crippen molar-refractivity contribution in [1.29, 1.82) is 0 Å². The maximum absolute atomic E-state index is 12.9. The largest absolute Gasteiger partial charge is 0.350 e. The number of carbonyl (C=O) groups is 1. The predicted octanol–water partition coefficient (Wildman–Crippen LogP) is 4.19. The van der Waals surface area contributed by atoms with Crippen LogP contribution in [0.3, 0.4) is 0 Å². The van der Waals surface area contributed by atoms with Crippen LogP contribution < -0.4 is 5.32 Å². The van der Waals surface area contributed by atoms with Crippen molar-refractivity contribution in [3.63, 3.8) is 0 Å². The number of thioether (sulfide) groups is 1. The maximum Gasteiger partial charge on any atom is 0.221 e. The normalized spacial score (nSPS) is 11.9. The molecule has 1 N–H and O–H groups in total. The first kappa shape index (κ1) is 15.6. The van der Waals surface area contributed by atoms with Crippen LogP contribution in [0.2, 0.25) is 0 Å². The van der Waals surface area contributed by atoms with E-state index in [1.807, 2.05) is 37.3 Å². The predicted molar refractivity (Wildman–Crippen MR) is 84.7 cm³/mol. The molecule has 0 spiro atoms. The minimum absolute atomic E-state index is 0.00950. The summed E-state index contributed by atoms with van der Waals surface area (Å²) in [6, 6.07) is 16.1. The van der Waals surface area contributed by atoms with Gasteiger partial charge in [-0.25, -0.2) is 4.39 Å². The van der Waals surface area contributed by atoms with E-state index in [1.165, 1.54) is 12.1 Å². The van der Waals surface area contributed by atoms with Crippen LogP contribution in [0.25, 0.3) is 0 Å². The van der Waals surface area contributed by atoms with Crippen molar-refractivity contribution < 1.29 is 9.18 Å². The summed E-state index contributed by atoms with van der Waals surface area (Å²) in [6.07, 6.45) is 0.463. The van der Waals surface area contributed by atoms with Gasteiger partial charge in [-0.3, -0.25) is 4.79 Å². The lowest BCUT2D eigenvalue weighted by Crippen LogP contribution is -2.26. The molecule has 110 valence electrons. The number of hydrogen-bond acceptors (Lipinski definition) is 2. The fraction of sp³-hybridized carbons (Fsp3) is 0.235. The Hall–Kier alpha value is -1.81. The maximum atomic E-state index is 12.9. The third kappa shape index (κ3) is 5.23. The molecule has 2 rings (SSSR count). The summed E-state index contributed by atoms with van der Waals surface area (Å²) in [5, 5.41) is 2.93. The Kier molecular flexibility index (Phi) is 5.81. The van der Waals surface area contributed by atoms with Crippen molar-refractivity contribution in [2.45, 2.75) is 24.3 Å². The average molecular weight is 303 g/mol. The smallest absolute Gasteiger partial charge is 0.221 e. The molecule has 0 aliphatic rings. The molecule has 0 saturated heterocycles. The van der Waals surface area contributed by atoms with Gasteiger partial charge in [0.25, 0.3) is 0 Å². The summed E-state index contributed by atoms with van der Waals surface area (Å²) in [7, 11) is 0. The van der Waals surface area contributed by atoms with Gasteiger partial charge in [-0.1, -0.05) is 30.3 Å². The molecule has 0 saturated carbocycles. The molecule has 0 bridgehead atoms. The van der Waals surface area contributed by atoms with E-state index in [9.17, 15) is 9.18 Å². The summed E-state index contributed by atoms with van der Waals surface area (Å²) in [6.45, 7) is 1.90. The summed E-state index contributed by atoms with van der Waals surface area (Å²) in [5.41, 5.74) is 0.903. The highest BCUT2D eigenvalue weighted by molar-refractivity contribution is 7.99. The van der Waals surface area contributed by atoms with Gasteiger partial charge in [0.05, 0.1) is 6.04 Å². The van der Waals surface area contributed by atoms with Crippen LogP contribution in [0.15, 0.2) is 59.5 Å². The van der Waals surface area contributed by atoms with Crippen LogP contribution in [0.5, 0.6) is 0 Å². The van der Waals surface area contributed by atoms with Crippen LogP contribution in [-0.4, -0.2) is 11.7 Å². The molecule has 0 heterocycles. The summed E-state index contributed by atoms with van der Waals surface area (Å²) in [4.78, 5) is 13.0. The zero-order valence-corrected chi connectivity index (χ0v) is 12.7. The van der Waals surface area contributed by atoms with E-state index in [-0.39, 0.29) is 17.8 Å². The van der Waals surface area contributed by atoms with Crippen molar-refractivity contribution in [2.75, 3.05) is 5.75 Å². The summed E-state index contributed by atoms with van der Waals surface area (Å²) >= 11 is 1.66. The Morgan fingerprint density at radius 3 is 2.48 bits per heavy atom. The highest BCUT2D eigenvalue weighted by atomic mass is 32.2. The van der Waals surface area contributed by atoms with Crippen molar-refractivity contribution in [3.05, 3.63) is 66.0 Å². The molecule has 0 aliphatic carbocycles. The third-order valence-electron chi connectivity index (χ3n) is 3.09. The third-order valence-corrected chi connectivity index (χ3v) is 4.10. The van der Waals surface area contributed by atoms with Gasteiger partial charge in [0.15, 0.2) is 0 Å². The zero-order chi connectivity index (χ0) is 15.1. The van der Waals surface area contributed by atoms with Crippen LogP contribution in [0.4, 0.5) is 4.39 Å². The van der Waals surface area contributed by atoms with Gasteiger partial charge >= 0.3 is 0 Å². The fourth-order valence-electron chi connectivity index (χ4n) is 1.93. The fourth-order valence-corrected chi connectivity index (χ4v) is 2.80. The van der Waals surface area contributed by atoms with Gasteiger partial charge in [0.2, 0.25) is 5.91 Å². The van der Waals surface area contributed by atoms with E-state index in [1.54, 1.807) is 23.9 Å². The van der Waals surface area contributed by atoms with Gasteiger partial charge in [-0.05, 0) is 36.8 Å². The quantitative estimate of drug-likeness (QED) is 0.811. The molecule has 2 nitrogen and oxygen atoms in total. The van der Waals surface area contributed by atoms with Crippen molar-refractivity contribution in [2.24, 2.45) is 0 Å². The van der Waals surface area contributed by atoms with E-state index in [2.05, 4.69) is 5.32 Å². The number of benzene rings is 2. The molecular weight excluding hydrogens is 285 g/mol. The molecule has 0 aliphatic heterocycles. The van der Waals surface area contributed by atoms with Crippen LogP contribution >= 0.6 is 11.8 Å². The first-order chi connectivity index (χ1) is 10.1. The minimum Gasteiger partial charge on any atom is -0.350 e. The van der Waals surface area contributed by atoms with Gasteiger partial charge in [0.1, 0.15) is 5.82 Å². The van der Waals surface area contributed by atoms with E-state index < -0.39 is 0 Å². The van der Waals surface area contributed by atoms with E-state index >= 15 is 0 Å². The standard InChI is InChI=1S/C17H18FNOS/c1-13(14-7-9-15(18)10-8-14)19-17(20)11-12-21-16-5-3-2-4-6-16/h2-10,13H,11-12H2,1H3,(H,19,20)/t13-/m1/s1. The second-order valence-corrected chi connectivity index (χ2v) is 5.92. The van der Waals surface area contributed by atoms with Crippen LogP contribution in [0.1, 0.15) is 24.9 Å². The molecule has 2 aromatic carbocycles. The van der Waals surface area contributed by atoms with Crippen molar-refractivity contribution in [1.82, 2.24) is 5.32 Å². The van der Waals surface area contributed by atoms with E-state index in [0.29, 0.717) is 6.42 Å². The first-order valence-corrected chi connectivity index (χ1v) is 7.86. The Balaban J connectivity index is 1.75. The molecule has 1 amide bonds. The SMILES string of the molecule is C[C@@H](NC(=O)CCSc1ccccc1)c1ccc(F)cc1. The molecule has 0 radical (unpaired) electrons. The Bertz CT molecular complexity index is 571. The molecule has 21 heavy (non-hydrogen) atoms. The number of halogens is 1. The lowest BCUT2D eigenvalue weighted by Gasteiger charge is -2.14. The number of rotatable bonds is 6. The van der Waals surface area contributed by atoms with Crippen molar-refractivity contribution in [3.8, 4) is 0 Å². The molecule has 4 heteroatoms. The first-order valence-electron chi connectivity index (χ1n) is 6.88. The molecular formula is C17H18FNOS. The van der Waals surface area contributed by atoms with Gasteiger partial charge in [-0.15, -0.1) is 11.8 Å². The summed E-state index contributed by atoms with van der Waals surface area (Å²) < 4.78 is 12.9. The second-order valence-electron chi connectivity index (χ2n) is 4.75. The lowest BCUT2D eigenvalue weighted by molar-refractivity contribution is -0.121. The van der Waals surface area contributed by atoms with Gasteiger partial charge in [0, 0.05) is 17.1 Å². The number of hydrogen-bond donors (Lipinski definition) is 1. The second kappa shape index (κ2) is 7.84. The topological polar surface area (TPSA) is 29.1 Å². The molecule has 0 fully saturated rings. The number of carbonyl (C=O) groups excluding carboxylic acids is 1. The Morgan fingerprint density at radius 2 is 1.81 bits per heavy atom. The molecule has 1 atom stereocenters. The zero-order valence-electron chi connectivity index (χ0n) is 11.9. The monoisotopic (exact) mass is 303 g/mol. The molecule has 0 unspecified atom stereocenters. The number of amides is 1. The Morgan fingerprint density at radius 1 is 1.14 bits per heavy atom. The molecule has 2 aromatic rings. The van der Waals surface area contributed by atoms with Gasteiger partial charge < -0.3 is 5.32 Å². The van der Waals surface area contributed by atoms with Crippen LogP contribution in [0, 0.1) is 5.82 Å². The lowest BCUT2D eigenvalue weighted by atomic mass is 10.1. The Labute approximate surface area is 128 Å².